The van der Waals surface area contributed by atoms with Crippen molar-refractivity contribution in [3.05, 3.63) is 62.7 Å². The molecule has 1 heterocycles. The molecular formula is C23H29N3O8. The van der Waals surface area contributed by atoms with Gasteiger partial charge in [0.15, 0.2) is 0 Å². The van der Waals surface area contributed by atoms with E-state index in [4.69, 9.17) is 14.2 Å². The van der Waals surface area contributed by atoms with E-state index in [0.717, 1.165) is 0 Å². The van der Waals surface area contributed by atoms with Crippen molar-refractivity contribution in [1.82, 2.24) is 10.6 Å². The molecule has 0 radical (unpaired) electrons. The summed E-state index contributed by atoms with van der Waals surface area (Å²) in [6, 6.07) is 4.72. The number of amides is 1. The zero-order valence-electron chi connectivity index (χ0n) is 20.0. The largest absolute Gasteiger partial charge is 0.466 e. The minimum atomic E-state index is -0.973. The number of hydrogen-bond acceptors (Lipinski definition) is 9. The molecule has 2 rings (SSSR count). The Balaban J connectivity index is 2.49. The van der Waals surface area contributed by atoms with Gasteiger partial charge in [0, 0.05) is 17.8 Å². The highest BCUT2D eigenvalue weighted by Crippen LogP contribution is 2.40. The minimum absolute atomic E-state index is 0.0374. The fourth-order valence-corrected chi connectivity index (χ4v) is 3.61. The van der Waals surface area contributed by atoms with Crippen LogP contribution in [0.4, 0.5) is 10.5 Å². The lowest BCUT2D eigenvalue weighted by atomic mass is 9.85. The first-order valence-electron chi connectivity index (χ1n) is 10.7. The Morgan fingerprint density at radius 1 is 1.21 bits per heavy atom. The number of rotatable bonds is 8. The molecule has 1 amide bonds. The minimum Gasteiger partial charge on any atom is -0.466 e. The first-order valence-corrected chi connectivity index (χ1v) is 10.7. The van der Waals surface area contributed by atoms with E-state index in [1.54, 1.807) is 40.7 Å². The lowest BCUT2D eigenvalue weighted by molar-refractivity contribution is -0.384. The highest BCUT2D eigenvalue weighted by atomic mass is 16.6. The van der Waals surface area contributed by atoms with E-state index in [0.29, 0.717) is 17.0 Å². The van der Waals surface area contributed by atoms with Crippen LogP contribution in [0.2, 0.25) is 0 Å². The number of carbonyl (C=O) groups is 3. The molecule has 2 atom stereocenters. The number of non-ortho nitro benzene ring substituents is 1. The quantitative estimate of drug-likeness (QED) is 0.250. The molecule has 1 aliphatic rings. The van der Waals surface area contributed by atoms with Crippen LogP contribution in [-0.2, 0) is 23.8 Å². The van der Waals surface area contributed by atoms with Crippen molar-refractivity contribution in [2.45, 2.75) is 46.6 Å². The van der Waals surface area contributed by atoms with Crippen molar-refractivity contribution >= 4 is 23.7 Å². The van der Waals surface area contributed by atoms with Crippen LogP contribution in [0, 0.1) is 16.0 Å². The van der Waals surface area contributed by atoms with Crippen molar-refractivity contribution in [3.63, 3.8) is 0 Å². The number of nitro benzene ring substituents is 1. The normalized spacial score (nSPS) is 16.5. The van der Waals surface area contributed by atoms with Crippen LogP contribution in [0.3, 0.4) is 0 Å². The lowest BCUT2D eigenvalue weighted by Crippen LogP contribution is -2.46. The van der Waals surface area contributed by atoms with Gasteiger partial charge in [-0.05, 0) is 32.3 Å². The summed E-state index contributed by atoms with van der Waals surface area (Å²) >= 11 is 0. The van der Waals surface area contributed by atoms with Gasteiger partial charge >= 0.3 is 18.0 Å². The van der Waals surface area contributed by atoms with Gasteiger partial charge in [0.2, 0.25) is 0 Å². The maximum Gasteiger partial charge on any atom is 0.413 e. The van der Waals surface area contributed by atoms with Crippen LogP contribution in [0.5, 0.6) is 0 Å². The number of nitrogens with one attached hydrogen (secondary N) is 2. The third-order valence-corrected chi connectivity index (χ3v) is 5.20. The second kappa shape index (κ2) is 11.3. The number of hydrogen-bond donors (Lipinski definition) is 2. The predicted molar refractivity (Wildman–Crippen MR) is 121 cm³/mol. The van der Waals surface area contributed by atoms with Gasteiger partial charge in [-0.15, -0.1) is 0 Å². The van der Waals surface area contributed by atoms with E-state index in [-0.39, 0.29) is 29.5 Å². The van der Waals surface area contributed by atoms with E-state index in [2.05, 4.69) is 10.6 Å². The van der Waals surface area contributed by atoms with E-state index >= 15 is 0 Å². The number of nitrogens with zero attached hydrogens (tertiary/aromatic N) is 1. The number of carbonyl (C=O) groups excluding carboxylic acids is 3. The maximum atomic E-state index is 12.8. The van der Waals surface area contributed by atoms with Gasteiger partial charge in [-0.1, -0.05) is 26.0 Å². The number of nitro groups is 1. The summed E-state index contributed by atoms with van der Waals surface area (Å²) in [6.07, 6.45) is -0.942. The molecule has 0 saturated heterocycles. The molecule has 0 saturated carbocycles. The molecule has 1 aromatic carbocycles. The first kappa shape index (κ1) is 26.4. The Hall–Kier alpha value is -3.89. The number of ether oxygens (including phenoxy) is 3. The summed E-state index contributed by atoms with van der Waals surface area (Å²) < 4.78 is 15.5. The molecule has 0 fully saturated rings. The molecule has 11 nitrogen and oxygen atoms in total. The summed E-state index contributed by atoms with van der Waals surface area (Å²) in [6.45, 7) is 8.56. The number of dihydropyridines is 1. The monoisotopic (exact) mass is 475 g/mol. The van der Waals surface area contributed by atoms with Gasteiger partial charge in [0.1, 0.15) is 11.8 Å². The predicted octanol–water partition coefficient (Wildman–Crippen LogP) is 3.27. The molecule has 184 valence electrons. The fraction of sp³-hybridized carbons (Fsp3) is 0.435. The van der Waals surface area contributed by atoms with Gasteiger partial charge < -0.3 is 24.8 Å². The van der Waals surface area contributed by atoms with Crippen LogP contribution in [0.15, 0.2) is 47.0 Å². The summed E-state index contributed by atoms with van der Waals surface area (Å²) in [7, 11) is 1.21. The summed E-state index contributed by atoms with van der Waals surface area (Å²) in [5.74, 6) is -2.52. The lowest BCUT2D eigenvalue weighted by Gasteiger charge is -2.30. The molecule has 0 aromatic heterocycles. The molecular weight excluding hydrogens is 446 g/mol. The first-order chi connectivity index (χ1) is 16.0. The van der Waals surface area contributed by atoms with Crippen molar-refractivity contribution in [2.24, 2.45) is 5.92 Å². The Labute approximate surface area is 197 Å². The van der Waals surface area contributed by atoms with Crippen LogP contribution < -0.4 is 10.6 Å². The number of methoxy groups -OCH3 is 1. The zero-order chi connectivity index (χ0) is 25.6. The SMILES string of the molecule is CCOC(=O)[C@@H](NC(=O)OC1=C(C)NC(C)=C(C(=O)OC)[C@@H]1c1cccc([N+](=O)[O-])c1)C(C)C. The molecule has 2 N–H and O–H groups in total. The van der Waals surface area contributed by atoms with Crippen LogP contribution in [-0.4, -0.2) is 42.7 Å². The van der Waals surface area contributed by atoms with Crippen LogP contribution in [0.1, 0.15) is 46.1 Å². The molecule has 1 aromatic rings. The summed E-state index contributed by atoms with van der Waals surface area (Å²) in [4.78, 5) is 48.5. The van der Waals surface area contributed by atoms with Gasteiger partial charge in [0.25, 0.3) is 5.69 Å². The molecule has 0 unspecified atom stereocenters. The number of alkyl carbamates (subject to hydrolysis) is 1. The van der Waals surface area contributed by atoms with Gasteiger partial charge in [-0.3, -0.25) is 10.1 Å². The van der Waals surface area contributed by atoms with E-state index in [1.165, 1.54) is 25.3 Å². The van der Waals surface area contributed by atoms with Crippen LogP contribution >= 0.6 is 0 Å². The number of esters is 2. The molecule has 0 aliphatic carbocycles. The topological polar surface area (TPSA) is 146 Å². The third kappa shape index (κ3) is 5.91. The standard InChI is InChI=1S/C23H29N3O8/c1-7-33-22(28)19(12(2)3)25-23(29)34-20-14(5)24-13(4)17(21(27)32-6)18(20)15-9-8-10-16(11-15)26(30)31/h8-12,18-19,24H,7H2,1-6H3,(H,25,29)/t18-,19-/m0/s1. The van der Waals surface area contributed by atoms with E-state index in [1.807, 2.05) is 0 Å². The Bertz CT molecular complexity index is 1040. The fourth-order valence-electron chi connectivity index (χ4n) is 3.61. The van der Waals surface area contributed by atoms with Gasteiger partial charge in [0.05, 0.1) is 35.8 Å². The van der Waals surface area contributed by atoms with Crippen molar-refractivity contribution in [2.75, 3.05) is 13.7 Å². The molecule has 34 heavy (non-hydrogen) atoms. The maximum absolute atomic E-state index is 12.8. The van der Waals surface area contributed by atoms with Gasteiger partial charge in [-0.2, -0.15) is 0 Å². The highest BCUT2D eigenvalue weighted by Gasteiger charge is 2.37. The Morgan fingerprint density at radius 3 is 2.44 bits per heavy atom. The van der Waals surface area contributed by atoms with Crippen molar-refractivity contribution in [3.8, 4) is 0 Å². The second-order valence-electron chi connectivity index (χ2n) is 7.94. The molecule has 0 spiro atoms. The summed E-state index contributed by atoms with van der Waals surface area (Å²) in [5, 5.41) is 16.8. The Kier molecular flexibility index (Phi) is 8.76. The van der Waals surface area contributed by atoms with Crippen molar-refractivity contribution < 1.29 is 33.5 Å². The average molecular weight is 475 g/mol. The Morgan fingerprint density at radius 2 is 1.88 bits per heavy atom. The molecule has 1 aliphatic heterocycles. The smallest absolute Gasteiger partial charge is 0.413 e. The van der Waals surface area contributed by atoms with E-state index < -0.39 is 34.9 Å². The summed E-state index contributed by atoms with van der Waals surface area (Å²) in [5.41, 5.74) is 1.14. The number of allylic oxidation sites excluding steroid dienone is 3. The molecule has 11 heteroatoms. The van der Waals surface area contributed by atoms with E-state index in [9.17, 15) is 24.5 Å². The second-order valence-corrected chi connectivity index (χ2v) is 7.94. The average Bonchev–Trinajstić information content (AvgIpc) is 2.78. The zero-order valence-corrected chi connectivity index (χ0v) is 20.0. The molecule has 0 bridgehead atoms. The van der Waals surface area contributed by atoms with Crippen LogP contribution in [0.25, 0.3) is 0 Å². The highest BCUT2D eigenvalue weighted by molar-refractivity contribution is 5.92. The number of benzene rings is 1. The third-order valence-electron chi connectivity index (χ3n) is 5.20. The van der Waals surface area contributed by atoms with Crippen molar-refractivity contribution in [1.29, 1.82) is 0 Å². The van der Waals surface area contributed by atoms with Gasteiger partial charge in [-0.25, -0.2) is 14.4 Å².